The lowest BCUT2D eigenvalue weighted by Gasteiger charge is -2.15. The molecule has 1 N–H and O–H groups in total. The van der Waals surface area contributed by atoms with Gasteiger partial charge in [-0.3, -0.25) is 14.6 Å². The topological polar surface area (TPSA) is 66.8 Å². The van der Waals surface area contributed by atoms with Crippen LogP contribution in [0.15, 0.2) is 36.5 Å². The predicted octanol–water partition coefficient (Wildman–Crippen LogP) is 2.97. The Bertz CT molecular complexity index is 845. The van der Waals surface area contributed by atoms with Crippen molar-refractivity contribution in [3.05, 3.63) is 47.9 Å². The van der Waals surface area contributed by atoms with Gasteiger partial charge in [0.2, 0.25) is 0 Å². The van der Waals surface area contributed by atoms with Crippen LogP contribution in [0.25, 0.3) is 10.9 Å². The Kier molecular flexibility index (Phi) is 3.59. The number of rotatable bonds is 3. The fraction of sp³-hybridized carbons (Fsp3) is 0.389. The number of hydrogen-bond acceptors (Lipinski definition) is 3. The molecule has 1 aliphatic rings. The number of carbonyl (C=O) groups excluding carboxylic acids is 1. The van der Waals surface area contributed by atoms with Crippen LogP contribution in [0.4, 0.5) is 0 Å². The first-order valence-electron chi connectivity index (χ1n) is 8.40. The van der Waals surface area contributed by atoms with E-state index in [0.717, 1.165) is 29.6 Å². The molecule has 6 nitrogen and oxygen atoms in total. The Morgan fingerprint density at radius 2 is 2.17 bits per heavy atom. The highest BCUT2D eigenvalue weighted by Gasteiger charge is 2.29. The molecule has 1 aromatic carbocycles. The number of amides is 1. The van der Waals surface area contributed by atoms with E-state index >= 15 is 0 Å². The standard InChI is InChI=1S/C18H21N5O/c1-12(2)16-9-17(20-19-16)18(24)22-8-7-14(11-22)23-10-13-5-3-4-6-15(13)21-23/h3-6,9-10,12,14H,7-8,11H2,1-2H3,(H,19,20)/t14-/m1/s1. The van der Waals surface area contributed by atoms with Crippen molar-refractivity contribution in [1.82, 2.24) is 24.9 Å². The third-order valence-corrected chi connectivity index (χ3v) is 4.68. The molecule has 6 heteroatoms. The van der Waals surface area contributed by atoms with Crippen molar-refractivity contribution in [1.29, 1.82) is 0 Å². The fourth-order valence-corrected chi connectivity index (χ4v) is 3.23. The van der Waals surface area contributed by atoms with Crippen molar-refractivity contribution >= 4 is 16.8 Å². The monoisotopic (exact) mass is 323 g/mol. The Morgan fingerprint density at radius 1 is 1.33 bits per heavy atom. The molecule has 124 valence electrons. The van der Waals surface area contributed by atoms with Gasteiger partial charge in [-0.15, -0.1) is 0 Å². The molecule has 0 spiro atoms. The molecule has 1 atom stereocenters. The molecular weight excluding hydrogens is 302 g/mol. The first-order valence-corrected chi connectivity index (χ1v) is 8.40. The summed E-state index contributed by atoms with van der Waals surface area (Å²) in [6, 6.07) is 10.2. The van der Waals surface area contributed by atoms with E-state index in [4.69, 9.17) is 0 Å². The molecule has 0 saturated carbocycles. The van der Waals surface area contributed by atoms with Gasteiger partial charge in [-0.25, -0.2) is 0 Å². The Hall–Kier alpha value is -2.63. The molecule has 1 fully saturated rings. The highest BCUT2D eigenvalue weighted by atomic mass is 16.2. The smallest absolute Gasteiger partial charge is 0.271 e. The van der Waals surface area contributed by atoms with Crippen molar-refractivity contribution in [2.75, 3.05) is 13.1 Å². The van der Waals surface area contributed by atoms with E-state index in [-0.39, 0.29) is 11.9 Å². The first kappa shape index (κ1) is 14.9. The molecular formula is C18H21N5O. The summed E-state index contributed by atoms with van der Waals surface area (Å²) in [6.45, 7) is 5.57. The average molecular weight is 323 g/mol. The zero-order valence-electron chi connectivity index (χ0n) is 13.9. The molecule has 24 heavy (non-hydrogen) atoms. The first-order chi connectivity index (χ1) is 11.6. The van der Waals surface area contributed by atoms with E-state index < -0.39 is 0 Å². The maximum atomic E-state index is 12.7. The molecule has 2 aromatic heterocycles. The van der Waals surface area contributed by atoms with Crippen molar-refractivity contribution in [3.8, 4) is 0 Å². The second kappa shape index (κ2) is 5.78. The summed E-state index contributed by atoms with van der Waals surface area (Å²) in [6.07, 6.45) is 2.99. The minimum Gasteiger partial charge on any atom is -0.335 e. The number of hydrogen-bond donors (Lipinski definition) is 1. The van der Waals surface area contributed by atoms with Crippen LogP contribution in [0.5, 0.6) is 0 Å². The van der Waals surface area contributed by atoms with E-state index in [9.17, 15) is 4.79 Å². The lowest BCUT2D eigenvalue weighted by atomic mass is 10.1. The largest absolute Gasteiger partial charge is 0.335 e. The molecule has 4 rings (SSSR count). The molecule has 1 saturated heterocycles. The quantitative estimate of drug-likeness (QED) is 0.806. The van der Waals surface area contributed by atoms with E-state index in [0.29, 0.717) is 18.2 Å². The van der Waals surface area contributed by atoms with Crippen LogP contribution >= 0.6 is 0 Å². The van der Waals surface area contributed by atoms with Crippen molar-refractivity contribution in [3.63, 3.8) is 0 Å². The van der Waals surface area contributed by atoms with Crippen molar-refractivity contribution < 1.29 is 4.79 Å². The summed E-state index contributed by atoms with van der Waals surface area (Å²) < 4.78 is 2.00. The van der Waals surface area contributed by atoms with Crippen LogP contribution in [0, 0.1) is 0 Å². The van der Waals surface area contributed by atoms with Crippen LogP contribution in [0.2, 0.25) is 0 Å². The van der Waals surface area contributed by atoms with E-state index in [1.807, 2.05) is 33.8 Å². The summed E-state index contributed by atoms with van der Waals surface area (Å²) in [5, 5.41) is 12.9. The van der Waals surface area contributed by atoms with Gasteiger partial charge in [0, 0.05) is 24.7 Å². The maximum Gasteiger partial charge on any atom is 0.271 e. The van der Waals surface area contributed by atoms with E-state index in [1.54, 1.807) is 0 Å². The van der Waals surface area contributed by atoms with Gasteiger partial charge in [0.05, 0.1) is 17.3 Å². The lowest BCUT2D eigenvalue weighted by molar-refractivity contribution is 0.0781. The molecule has 3 aromatic rings. The lowest BCUT2D eigenvalue weighted by Crippen LogP contribution is -2.29. The molecule has 1 aliphatic heterocycles. The van der Waals surface area contributed by atoms with Gasteiger partial charge in [-0.1, -0.05) is 32.0 Å². The highest BCUT2D eigenvalue weighted by molar-refractivity contribution is 5.92. The van der Waals surface area contributed by atoms with Gasteiger partial charge in [-0.2, -0.15) is 10.2 Å². The van der Waals surface area contributed by atoms with Crippen molar-refractivity contribution in [2.45, 2.75) is 32.2 Å². The van der Waals surface area contributed by atoms with E-state index in [1.165, 1.54) is 0 Å². The van der Waals surface area contributed by atoms with Crippen LogP contribution in [0.1, 0.15) is 48.4 Å². The Morgan fingerprint density at radius 3 is 2.92 bits per heavy atom. The SMILES string of the molecule is CC(C)c1cc(C(=O)N2CC[C@@H](n3cc4ccccc4n3)C2)[nH]n1. The van der Waals surface area contributed by atoms with Gasteiger partial charge in [0.1, 0.15) is 5.69 Å². The van der Waals surface area contributed by atoms with Crippen LogP contribution in [-0.4, -0.2) is 43.9 Å². The molecule has 0 radical (unpaired) electrons. The average Bonchev–Trinajstić information content (AvgIpc) is 3.31. The van der Waals surface area contributed by atoms with Crippen molar-refractivity contribution in [2.24, 2.45) is 0 Å². The second-order valence-corrected chi connectivity index (χ2v) is 6.72. The van der Waals surface area contributed by atoms with Gasteiger partial charge in [-0.05, 0) is 24.5 Å². The third-order valence-electron chi connectivity index (χ3n) is 4.68. The number of nitrogens with one attached hydrogen (secondary N) is 1. The number of likely N-dealkylation sites (tertiary alicyclic amines) is 1. The van der Waals surface area contributed by atoms with Gasteiger partial charge >= 0.3 is 0 Å². The third kappa shape index (κ3) is 2.58. The zero-order chi connectivity index (χ0) is 16.7. The number of H-pyrrole nitrogens is 1. The van der Waals surface area contributed by atoms with Crippen LogP contribution < -0.4 is 0 Å². The molecule has 0 unspecified atom stereocenters. The normalized spacial score (nSPS) is 18.0. The molecule has 0 bridgehead atoms. The summed E-state index contributed by atoms with van der Waals surface area (Å²) in [7, 11) is 0. The van der Waals surface area contributed by atoms with Crippen LogP contribution in [-0.2, 0) is 0 Å². The zero-order valence-corrected chi connectivity index (χ0v) is 13.9. The number of benzene rings is 1. The predicted molar refractivity (Wildman–Crippen MR) is 92.0 cm³/mol. The number of aromatic nitrogens is 4. The molecule has 3 heterocycles. The second-order valence-electron chi connectivity index (χ2n) is 6.72. The van der Waals surface area contributed by atoms with Gasteiger partial charge < -0.3 is 4.90 Å². The molecule has 1 amide bonds. The van der Waals surface area contributed by atoms with Gasteiger partial charge in [0.25, 0.3) is 5.91 Å². The van der Waals surface area contributed by atoms with Crippen LogP contribution in [0.3, 0.4) is 0 Å². The van der Waals surface area contributed by atoms with Gasteiger partial charge in [0.15, 0.2) is 0 Å². The highest BCUT2D eigenvalue weighted by Crippen LogP contribution is 2.25. The Labute approximate surface area is 140 Å². The minimum absolute atomic E-state index is 0.0219. The summed E-state index contributed by atoms with van der Waals surface area (Å²) in [5.41, 5.74) is 2.50. The number of aromatic amines is 1. The summed E-state index contributed by atoms with van der Waals surface area (Å²) in [4.78, 5) is 14.5. The maximum absolute atomic E-state index is 12.7. The summed E-state index contributed by atoms with van der Waals surface area (Å²) in [5.74, 6) is 0.333. The number of fused-ring (bicyclic) bond motifs is 1. The number of carbonyl (C=O) groups is 1. The van der Waals surface area contributed by atoms with E-state index in [2.05, 4.69) is 41.4 Å². The minimum atomic E-state index is 0.0219. The molecule has 0 aliphatic carbocycles. The number of nitrogens with zero attached hydrogens (tertiary/aromatic N) is 4. The summed E-state index contributed by atoms with van der Waals surface area (Å²) >= 11 is 0. The Balaban J connectivity index is 1.50. The fourth-order valence-electron chi connectivity index (χ4n) is 3.23.